The highest BCUT2D eigenvalue weighted by molar-refractivity contribution is 6.03. The largest absolute Gasteiger partial charge is 0.397 e. The van der Waals surface area contributed by atoms with Gasteiger partial charge >= 0.3 is 0 Å². The predicted octanol–water partition coefficient (Wildman–Crippen LogP) is 2.63. The lowest BCUT2D eigenvalue weighted by Crippen LogP contribution is -2.15. The van der Waals surface area contributed by atoms with Crippen LogP contribution in [0.2, 0.25) is 0 Å². The first-order valence-corrected chi connectivity index (χ1v) is 8.75. The summed E-state index contributed by atoms with van der Waals surface area (Å²) in [6.45, 7) is 1.33. The topological polar surface area (TPSA) is 118 Å². The third-order valence-corrected chi connectivity index (χ3v) is 3.71. The summed E-state index contributed by atoms with van der Waals surface area (Å²) in [5.41, 5.74) is 7.74. The second-order valence-corrected chi connectivity index (χ2v) is 5.81. The van der Waals surface area contributed by atoms with Gasteiger partial charge in [0.15, 0.2) is 0 Å². The fraction of sp³-hybridized carbons (Fsp3) is 0.100. The second kappa shape index (κ2) is 9.67. The van der Waals surface area contributed by atoms with Gasteiger partial charge in [0.25, 0.3) is 0 Å². The molecule has 1 aromatic carbocycles. The van der Waals surface area contributed by atoms with Crippen molar-refractivity contribution in [3.8, 4) is 0 Å². The Hall–Kier alpha value is -3.94. The van der Waals surface area contributed by atoms with Crippen molar-refractivity contribution in [3.05, 3.63) is 72.7 Å². The molecule has 0 spiro atoms. The van der Waals surface area contributed by atoms with Crippen LogP contribution in [0.5, 0.6) is 0 Å². The Morgan fingerprint density at radius 1 is 0.964 bits per heavy atom. The summed E-state index contributed by atoms with van der Waals surface area (Å²) < 4.78 is 0. The molecular weight excluding hydrogens is 354 g/mol. The van der Waals surface area contributed by atoms with E-state index in [1.54, 1.807) is 42.9 Å². The maximum atomic E-state index is 12.0. The van der Waals surface area contributed by atoms with Gasteiger partial charge in [-0.2, -0.15) is 0 Å². The van der Waals surface area contributed by atoms with Crippen molar-refractivity contribution in [2.45, 2.75) is 0 Å². The number of hydrogen-bond donors (Lipinski definition) is 4. The van der Waals surface area contributed by atoms with Crippen LogP contribution in [0.4, 0.5) is 23.1 Å². The summed E-state index contributed by atoms with van der Waals surface area (Å²) in [5.74, 6) is 1.08. The fourth-order valence-corrected chi connectivity index (χ4v) is 2.32. The Labute approximate surface area is 162 Å². The van der Waals surface area contributed by atoms with Crippen LogP contribution < -0.4 is 21.7 Å². The summed E-state index contributed by atoms with van der Waals surface area (Å²) in [6.07, 6.45) is 8.20. The zero-order valence-corrected chi connectivity index (χ0v) is 15.2. The first-order chi connectivity index (χ1) is 13.7. The Morgan fingerprint density at radius 2 is 1.75 bits per heavy atom. The molecule has 0 fully saturated rings. The molecule has 3 rings (SSSR count). The Balaban J connectivity index is 1.44. The predicted molar refractivity (Wildman–Crippen MR) is 112 cm³/mol. The van der Waals surface area contributed by atoms with Crippen LogP contribution >= 0.6 is 0 Å². The number of benzene rings is 1. The highest BCUT2D eigenvalue weighted by atomic mass is 16.1. The van der Waals surface area contributed by atoms with E-state index in [1.165, 1.54) is 6.08 Å². The number of nitrogens with one attached hydrogen (secondary N) is 3. The van der Waals surface area contributed by atoms with E-state index in [2.05, 4.69) is 30.9 Å². The first kappa shape index (κ1) is 18.8. The number of nitrogen functional groups attached to an aromatic ring is 1. The van der Waals surface area contributed by atoms with Gasteiger partial charge in [-0.1, -0.05) is 12.1 Å². The molecule has 0 saturated heterocycles. The van der Waals surface area contributed by atoms with E-state index in [0.29, 0.717) is 30.4 Å². The summed E-state index contributed by atoms with van der Waals surface area (Å²) in [6, 6.07) is 12.6. The molecule has 5 N–H and O–H groups in total. The summed E-state index contributed by atoms with van der Waals surface area (Å²) >= 11 is 0. The molecular formula is C20H21N7O. The van der Waals surface area contributed by atoms with Crippen molar-refractivity contribution < 1.29 is 4.79 Å². The highest BCUT2D eigenvalue weighted by Gasteiger charge is 2.01. The number of amides is 1. The van der Waals surface area contributed by atoms with Gasteiger partial charge in [0.05, 0.1) is 11.4 Å². The minimum atomic E-state index is -0.255. The van der Waals surface area contributed by atoms with E-state index in [-0.39, 0.29) is 5.91 Å². The molecule has 0 aliphatic heterocycles. The van der Waals surface area contributed by atoms with Crippen LogP contribution in [0, 0.1) is 0 Å². The zero-order valence-electron chi connectivity index (χ0n) is 15.2. The number of hydrogen-bond acceptors (Lipinski definition) is 7. The molecule has 2 heterocycles. The molecule has 0 atom stereocenters. The maximum Gasteiger partial charge on any atom is 0.248 e. The van der Waals surface area contributed by atoms with E-state index in [0.717, 1.165) is 11.4 Å². The van der Waals surface area contributed by atoms with Crippen molar-refractivity contribution in [1.29, 1.82) is 0 Å². The highest BCUT2D eigenvalue weighted by Crippen LogP contribution is 2.16. The maximum absolute atomic E-state index is 12.0. The van der Waals surface area contributed by atoms with Crippen molar-refractivity contribution >= 4 is 35.1 Å². The van der Waals surface area contributed by atoms with E-state index in [4.69, 9.17) is 5.73 Å². The van der Waals surface area contributed by atoms with Crippen LogP contribution in [0.15, 0.2) is 67.1 Å². The number of aromatic nitrogens is 3. The van der Waals surface area contributed by atoms with E-state index in [1.807, 2.05) is 24.3 Å². The number of para-hydroxylation sites is 2. The number of anilines is 4. The van der Waals surface area contributed by atoms with Gasteiger partial charge < -0.3 is 21.7 Å². The smallest absolute Gasteiger partial charge is 0.248 e. The Kier molecular flexibility index (Phi) is 6.51. The number of nitrogens with two attached hydrogens (primary N) is 1. The molecule has 0 radical (unpaired) electrons. The Morgan fingerprint density at radius 3 is 2.50 bits per heavy atom. The minimum absolute atomic E-state index is 0.255. The number of nitrogens with zero attached hydrogens (tertiary/aromatic N) is 3. The van der Waals surface area contributed by atoms with Crippen molar-refractivity contribution in [2.24, 2.45) is 0 Å². The van der Waals surface area contributed by atoms with Crippen molar-refractivity contribution in [3.63, 3.8) is 0 Å². The Bertz CT molecular complexity index is 927. The SMILES string of the molecule is Nc1ccccc1NC(=O)/C=C\c1ccc(NCCNc2ncccn2)nc1. The first-order valence-electron chi connectivity index (χ1n) is 8.75. The van der Waals surface area contributed by atoms with Crippen molar-refractivity contribution in [1.82, 2.24) is 15.0 Å². The van der Waals surface area contributed by atoms with Gasteiger partial charge in [-0.3, -0.25) is 4.79 Å². The molecule has 0 aliphatic carbocycles. The molecule has 0 unspecified atom stereocenters. The molecule has 142 valence electrons. The van der Waals surface area contributed by atoms with Gasteiger partial charge in [-0.05, 0) is 42.0 Å². The van der Waals surface area contributed by atoms with Crippen LogP contribution in [0.25, 0.3) is 6.08 Å². The molecule has 0 bridgehead atoms. The summed E-state index contributed by atoms with van der Waals surface area (Å²) in [7, 11) is 0. The van der Waals surface area contributed by atoms with Gasteiger partial charge in [0, 0.05) is 37.8 Å². The number of rotatable bonds is 8. The van der Waals surface area contributed by atoms with Crippen LogP contribution in [0.1, 0.15) is 5.56 Å². The summed E-state index contributed by atoms with van der Waals surface area (Å²) in [4.78, 5) is 24.5. The van der Waals surface area contributed by atoms with Gasteiger partial charge in [-0.15, -0.1) is 0 Å². The monoisotopic (exact) mass is 375 g/mol. The van der Waals surface area contributed by atoms with Crippen LogP contribution in [-0.4, -0.2) is 33.9 Å². The molecule has 1 amide bonds. The minimum Gasteiger partial charge on any atom is -0.397 e. The van der Waals surface area contributed by atoms with Gasteiger partial charge in [-0.25, -0.2) is 15.0 Å². The molecule has 0 saturated carbocycles. The van der Waals surface area contributed by atoms with Crippen LogP contribution in [-0.2, 0) is 4.79 Å². The standard InChI is InChI=1S/C20H21N7O/c21-16-4-1-2-5-17(16)27-19(28)9-7-15-6-8-18(26-14-15)22-12-13-25-20-23-10-3-11-24-20/h1-11,14H,12-13,21H2,(H,22,26)(H,27,28)(H,23,24,25)/b9-7-. The third-order valence-electron chi connectivity index (χ3n) is 3.71. The van der Waals surface area contributed by atoms with Gasteiger partial charge in [0.2, 0.25) is 11.9 Å². The summed E-state index contributed by atoms with van der Waals surface area (Å²) in [5, 5.41) is 9.04. The van der Waals surface area contributed by atoms with Gasteiger partial charge in [0.1, 0.15) is 5.82 Å². The average molecular weight is 375 g/mol. The molecule has 3 aromatic rings. The lowest BCUT2D eigenvalue weighted by atomic mass is 10.2. The van der Waals surface area contributed by atoms with Crippen LogP contribution in [0.3, 0.4) is 0 Å². The number of pyridine rings is 1. The average Bonchev–Trinajstić information content (AvgIpc) is 2.73. The lowest BCUT2D eigenvalue weighted by Gasteiger charge is -2.07. The third kappa shape index (κ3) is 5.80. The quantitative estimate of drug-likeness (QED) is 0.271. The lowest BCUT2D eigenvalue weighted by molar-refractivity contribution is -0.111. The molecule has 0 aliphatic rings. The van der Waals surface area contributed by atoms with Crippen molar-refractivity contribution in [2.75, 3.05) is 34.8 Å². The van der Waals surface area contributed by atoms with E-state index < -0.39 is 0 Å². The molecule has 8 nitrogen and oxygen atoms in total. The fourth-order valence-electron chi connectivity index (χ4n) is 2.32. The molecule has 2 aromatic heterocycles. The van der Waals surface area contributed by atoms with E-state index >= 15 is 0 Å². The zero-order chi connectivity index (χ0) is 19.6. The van der Waals surface area contributed by atoms with E-state index in [9.17, 15) is 4.79 Å². The molecule has 28 heavy (non-hydrogen) atoms. The number of carbonyl (C=O) groups excluding carboxylic acids is 1. The second-order valence-electron chi connectivity index (χ2n) is 5.81. The normalized spacial score (nSPS) is 10.6. The molecule has 8 heteroatoms. The number of carbonyl (C=O) groups is 1.